The van der Waals surface area contributed by atoms with E-state index in [0.717, 1.165) is 0 Å². The lowest BCUT2D eigenvalue weighted by Crippen LogP contribution is -2.47. The van der Waals surface area contributed by atoms with Crippen LogP contribution >= 0.6 is 0 Å². The smallest absolute Gasteiger partial charge is 0.279 e. The Labute approximate surface area is 139 Å². The second-order valence-corrected chi connectivity index (χ2v) is 5.35. The lowest BCUT2D eigenvalue weighted by atomic mass is 10.1. The number of benzene rings is 1. The highest BCUT2D eigenvalue weighted by Crippen LogP contribution is 2.20. The van der Waals surface area contributed by atoms with E-state index >= 15 is 0 Å². The number of hydrogen-bond donors (Lipinski definition) is 2. The summed E-state index contributed by atoms with van der Waals surface area (Å²) in [5.41, 5.74) is 5.63. The predicted octanol–water partition coefficient (Wildman–Crippen LogP) is 2.57. The molecule has 0 saturated carbocycles. The molecule has 24 heavy (non-hydrogen) atoms. The molecule has 1 heterocycles. The van der Waals surface area contributed by atoms with Crippen molar-refractivity contribution in [2.75, 3.05) is 0 Å². The number of aryl methyl sites for hydroxylation is 2. The second kappa shape index (κ2) is 7.16. The van der Waals surface area contributed by atoms with Crippen molar-refractivity contribution in [1.82, 2.24) is 10.9 Å². The van der Waals surface area contributed by atoms with Crippen molar-refractivity contribution >= 4 is 11.8 Å². The molecule has 128 valence electrons. The first kappa shape index (κ1) is 17.5. The first-order chi connectivity index (χ1) is 11.3. The van der Waals surface area contributed by atoms with Crippen LogP contribution in [0.2, 0.25) is 0 Å². The van der Waals surface area contributed by atoms with E-state index in [4.69, 9.17) is 9.15 Å². The second-order valence-electron chi connectivity index (χ2n) is 5.35. The van der Waals surface area contributed by atoms with E-state index in [-0.39, 0.29) is 5.75 Å². The number of furan rings is 1. The minimum absolute atomic E-state index is 0.0383. The number of rotatable bonds is 4. The molecule has 1 unspecified atom stereocenters. The third-order valence-electron chi connectivity index (χ3n) is 3.60. The van der Waals surface area contributed by atoms with Crippen molar-refractivity contribution in [2.45, 2.75) is 33.8 Å². The van der Waals surface area contributed by atoms with Gasteiger partial charge in [-0.3, -0.25) is 20.4 Å². The monoisotopic (exact) mass is 334 g/mol. The normalized spacial score (nSPS) is 11.7. The van der Waals surface area contributed by atoms with Crippen LogP contribution in [0, 0.1) is 26.6 Å². The average Bonchev–Trinajstić information content (AvgIpc) is 2.79. The molecular formula is C17H19FN2O4. The number of halogens is 1. The number of hydrogen-bond acceptors (Lipinski definition) is 4. The van der Waals surface area contributed by atoms with E-state index in [1.165, 1.54) is 25.1 Å². The molecule has 0 aliphatic rings. The number of amides is 2. The number of ether oxygens (including phenoxy) is 1. The standard InChI is InChI=1S/C17H19FN2O4/c1-9-10(2)23-11(3)15(9)17(22)20-19-16(21)12(4)24-14-8-6-5-7-13(14)18/h5-8,12H,1-4H3,(H,19,21)(H,20,22). The Hall–Kier alpha value is -2.83. The van der Waals surface area contributed by atoms with Gasteiger partial charge in [0, 0.05) is 5.56 Å². The van der Waals surface area contributed by atoms with Crippen LogP contribution in [-0.4, -0.2) is 17.9 Å². The van der Waals surface area contributed by atoms with E-state index < -0.39 is 23.7 Å². The summed E-state index contributed by atoms with van der Waals surface area (Å²) in [6, 6.07) is 5.76. The molecule has 6 nitrogen and oxygen atoms in total. The van der Waals surface area contributed by atoms with E-state index in [1.54, 1.807) is 26.8 Å². The fraction of sp³-hybridized carbons (Fsp3) is 0.294. The fourth-order valence-electron chi connectivity index (χ4n) is 2.19. The molecule has 0 fully saturated rings. The SMILES string of the molecule is Cc1oc(C)c(C(=O)NNC(=O)C(C)Oc2ccccc2F)c1C. The lowest BCUT2D eigenvalue weighted by molar-refractivity contribution is -0.128. The zero-order valence-electron chi connectivity index (χ0n) is 13.9. The van der Waals surface area contributed by atoms with Gasteiger partial charge in [-0.05, 0) is 39.8 Å². The summed E-state index contributed by atoms with van der Waals surface area (Å²) in [6.07, 6.45) is -0.990. The topological polar surface area (TPSA) is 80.6 Å². The summed E-state index contributed by atoms with van der Waals surface area (Å²) < 4.78 is 24.1. The van der Waals surface area contributed by atoms with Gasteiger partial charge in [-0.2, -0.15) is 0 Å². The summed E-state index contributed by atoms with van der Waals surface area (Å²) in [6.45, 7) is 6.63. The molecule has 2 rings (SSSR count). The van der Waals surface area contributed by atoms with Gasteiger partial charge in [-0.15, -0.1) is 0 Å². The summed E-state index contributed by atoms with van der Waals surface area (Å²) in [5, 5.41) is 0. The van der Waals surface area contributed by atoms with Crippen LogP contribution in [0.25, 0.3) is 0 Å². The maximum atomic E-state index is 13.5. The van der Waals surface area contributed by atoms with Crippen LogP contribution < -0.4 is 15.6 Å². The molecule has 7 heteroatoms. The molecular weight excluding hydrogens is 315 g/mol. The van der Waals surface area contributed by atoms with Gasteiger partial charge in [0.2, 0.25) is 0 Å². The van der Waals surface area contributed by atoms with Gasteiger partial charge in [0.15, 0.2) is 17.7 Å². The van der Waals surface area contributed by atoms with Gasteiger partial charge in [0.25, 0.3) is 11.8 Å². The molecule has 0 radical (unpaired) electrons. The molecule has 0 bridgehead atoms. The van der Waals surface area contributed by atoms with Crippen LogP contribution in [0.4, 0.5) is 4.39 Å². The Morgan fingerprint density at radius 2 is 1.79 bits per heavy atom. The van der Waals surface area contributed by atoms with Gasteiger partial charge in [0.05, 0.1) is 5.56 Å². The minimum Gasteiger partial charge on any atom is -0.478 e. The van der Waals surface area contributed by atoms with Crippen LogP contribution in [-0.2, 0) is 4.79 Å². The molecule has 0 aliphatic carbocycles. The fourth-order valence-corrected chi connectivity index (χ4v) is 2.19. The Balaban J connectivity index is 1.95. The van der Waals surface area contributed by atoms with Crippen molar-refractivity contribution < 1.29 is 23.1 Å². The molecule has 1 aromatic carbocycles. The summed E-state index contributed by atoms with van der Waals surface area (Å²) in [4.78, 5) is 24.1. The lowest BCUT2D eigenvalue weighted by Gasteiger charge is -2.15. The summed E-state index contributed by atoms with van der Waals surface area (Å²) in [7, 11) is 0. The number of hydrazine groups is 1. The first-order valence-corrected chi connectivity index (χ1v) is 7.39. The first-order valence-electron chi connectivity index (χ1n) is 7.39. The quantitative estimate of drug-likeness (QED) is 0.842. The van der Waals surface area contributed by atoms with Crippen LogP contribution in [0.3, 0.4) is 0 Å². The number of carbonyl (C=O) groups is 2. The highest BCUT2D eigenvalue weighted by Gasteiger charge is 2.21. The highest BCUT2D eigenvalue weighted by atomic mass is 19.1. The minimum atomic E-state index is -0.990. The van der Waals surface area contributed by atoms with Crippen molar-refractivity contribution in [3.8, 4) is 5.75 Å². The molecule has 0 aliphatic heterocycles. The molecule has 1 aromatic heterocycles. The molecule has 2 aromatic rings. The van der Waals surface area contributed by atoms with Crippen LogP contribution in [0.5, 0.6) is 5.75 Å². The van der Waals surface area contributed by atoms with Gasteiger partial charge < -0.3 is 9.15 Å². The zero-order chi connectivity index (χ0) is 17.9. The van der Waals surface area contributed by atoms with Crippen LogP contribution in [0.1, 0.15) is 34.4 Å². The Kier molecular flexibility index (Phi) is 5.23. The summed E-state index contributed by atoms with van der Waals surface area (Å²) >= 11 is 0. The average molecular weight is 334 g/mol. The Morgan fingerprint density at radius 1 is 1.12 bits per heavy atom. The summed E-state index contributed by atoms with van der Waals surface area (Å²) in [5.74, 6) is -0.604. The van der Waals surface area contributed by atoms with Crippen molar-refractivity contribution in [3.05, 3.63) is 52.7 Å². The highest BCUT2D eigenvalue weighted by molar-refractivity contribution is 5.98. The van der Waals surface area contributed by atoms with E-state index in [1.807, 2.05) is 0 Å². The van der Waals surface area contributed by atoms with Gasteiger partial charge in [-0.25, -0.2) is 4.39 Å². The Morgan fingerprint density at radius 3 is 2.38 bits per heavy atom. The predicted molar refractivity (Wildman–Crippen MR) is 85.0 cm³/mol. The third kappa shape index (κ3) is 3.73. The molecule has 0 saturated heterocycles. The van der Waals surface area contributed by atoms with E-state index in [2.05, 4.69) is 10.9 Å². The van der Waals surface area contributed by atoms with Crippen molar-refractivity contribution in [1.29, 1.82) is 0 Å². The number of carbonyl (C=O) groups excluding carboxylic acids is 2. The molecule has 2 amide bonds. The van der Waals surface area contributed by atoms with Gasteiger partial charge >= 0.3 is 0 Å². The largest absolute Gasteiger partial charge is 0.478 e. The van der Waals surface area contributed by atoms with Crippen molar-refractivity contribution in [2.24, 2.45) is 0 Å². The molecule has 1 atom stereocenters. The van der Waals surface area contributed by atoms with Gasteiger partial charge in [0.1, 0.15) is 11.5 Å². The maximum Gasteiger partial charge on any atom is 0.279 e. The van der Waals surface area contributed by atoms with Crippen LogP contribution in [0.15, 0.2) is 28.7 Å². The van der Waals surface area contributed by atoms with Crippen molar-refractivity contribution in [3.63, 3.8) is 0 Å². The number of para-hydroxylation sites is 1. The van der Waals surface area contributed by atoms with Gasteiger partial charge in [-0.1, -0.05) is 12.1 Å². The van der Waals surface area contributed by atoms with E-state index in [0.29, 0.717) is 22.6 Å². The number of nitrogens with one attached hydrogen (secondary N) is 2. The van der Waals surface area contributed by atoms with E-state index in [9.17, 15) is 14.0 Å². The third-order valence-corrected chi connectivity index (χ3v) is 3.60. The molecule has 0 spiro atoms. The Bertz CT molecular complexity index is 770. The molecule has 2 N–H and O–H groups in total. The zero-order valence-corrected chi connectivity index (χ0v) is 13.9. The maximum absolute atomic E-state index is 13.5.